The lowest BCUT2D eigenvalue weighted by atomic mass is 10.1. The number of carbonyl (C=O) groups excluding carboxylic acids is 2. The molecule has 32 heavy (non-hydrogen) atoms. The maximum absolute atomic E-state index is 13.0. The van der Waals surface area contributed by atoms with E-state index in [1.165, 1.54) is 0 Å². The van der Waals surface area contributed by atoms with Gasteiger partial charge in [0.15, 0.2) is 0 Å². The van der Waals surface area contributed by atoms with Gasteiger partial charge < -0.3 is 19.5 Å². The smallest absolute Gasteiger partial charge is 0.322 e. The summed E-state index contributed by atoms with van der Waals surface area (Å²) in [4.78, 5) is 29.1. The average molecular weight is 450 g/mol. The lowest BCUT2D eigenvalue weighted by molar-refractivity contribution is -0.130. The Balaban J connectivity index is 1.38. The molecule has 4 rings (SSSR count). The van der Waals surface area contributed by atoms with E-state index in [-0.39, 0.29) is 11.9 Å². The molecule has 1 aliphatic heterocycles. The highest BCUT2D eigenvalue weighted by Gasteiger charge is 2.18. The maximum atomic E-state index is 13.0. The minimum atomic E-state index is -0.208. The molecular weight excluding hydrogens is 422 g/mol. The van der Waals surface area contributed by atoms with Crippen LogP contribution in [0.15, 0.2) is 77.4 Å². The molecule has 0 radical (unpaired) electrons. The Hall–Kier alpha value is -3.19. The first-order valence-corrected chi connectivity index (χ1v) is 11.9. The predicted octanol–water partition coefficient (Wildman–Crippen LogP) is 4.63. The molecule has 3 amide bonds. The van der Waals surface area contributed by atoms with Crippen molar-refractivity contribution >= 4 is 29.4 Å². The minimum Gasteiger partial charge on any atom is -0.467 e. The van der Waals surface area contributed by atoms with Crippen molar-refractivity contribution in [1.29, 1.82) is 0 Å². The maximum Gasteiger partial charge on any atom is 0.322 e. The van der Waals surface area contributed by atoms with Gasteiger partial charge in [-0.25, -0.2) is 4.79 Å². The molecule has 0 atom stereocenters. The van der Waals surface area contributed by atoms with E-state index in [9.17, 15) is 9.59 Å². The molecule has 1 saturated heterocycles. The quantitative estimate of drug-likeness (QED) is 0.571. The molecule has 1 aromatic heterocycles. The van der Waals surface area contributed by atoms with Gasteiger partial charge >= 0.3 is 6.03 Å². The Morgan fingerprint density at radius 3 is 2.34 bits per heavy atom. The van der Waals surface area contributed by atoms with Gasteiger partial charge in [-0.05, 0) is 35.4 Å². The van der Waals surface area contributed by atoms with Crippen LogP contribution in [0.5, 0.6) is 0 Å². The van der Waals surface area contributed by atoms with Crippen molar-refractivity contribution in [2.24, 2.45) is 0 Å². The Kier molecular flexibility index (Phi) is 7.51. The Labute approximate surface area is 192 Å². The van der Waals surface area contributed by atoms with Crippen molar-refractivity contribution in [3.63, 3.8) is 0 Å². The van der Waals surface area contributed by atoms with Crippen LogP contribution in [0.3, 0.4) is 0 Å². The van der Waals surface area contributed by atoms with Crippen molar-refractivity contribution in [2.45, 2.75) is 19.5 Å². The molecule has 2 aromatic carbocycles. The van der Waals surface area contributed by atoms with Gasteiger partial charge in [0.25, 0.3) is 0 Å². The van der Waals surface area contributed by atoms with Crippen molar-refractivity contribution < 1.29 is 14.0 Å². The molecule has 2 heterocycles. The number of hydrogen-bond acceptors (Lipinski definition) is 4. The Morgan fingerprint density at radius 2 is 1.66 bits per heavy atom. The average Bonchev–Trinajstić information content (AvgIpc) is 3.34. The Bertz CT molecular complexity index is 1000. The number of benzene rings is 2. The summed E-state index contributed by atoms with van der Waals surface area (Å²) in [6.07, 6.45) is 1.99. The Morgan fingerprint density at radius 1 is 0.906 bits per heavy atom. The van der Waals surface area contributed by atoms with Crippen LogP contribution in [0.4, 0.5) is 10.5 Å². The minimum absolute atomic E-state index is 0.162. The van der Waals surface area contributed by atoms with E-state index >= 15 is 0 Å². The third-order valence-electron chi connectivity index (χ3n) is 5.35. The van der Waals surface area contributed by atoms with Crippen LogP contribution in [-0.2, 0) is 24.3 Å². The van der Waals surface area contributed by atoms with Gasteiger partial charge in [0.2, 0.25) is 5.91 Å². The molecule has 0 bridgehead atoms. The van der Waals surface area contributed by atoms with Crippen molar-refractivity contribution in [3.05, 3.63) is 89.9 Å². The zero-order valence-electron chi connectivity index (χ0n) is 17.9. The summed E-state index contributed by atoms with van der Waals surface area (Å²) in [5.41, 5.74) is 2.68. The largest absolute Gasteiger partial charge is 0.467 e. The van der Waals surface area contributed by atoms with E-state index in [0.717, 1.165) is 41.5 Å². The van der Waals surface area contributed by atoms with E-state index in [4.69, 9.17) is 4.42 Å². The van der Waals surface area contributed by atoms with Crippen molar-refractivity contribution in [2.75, 3.05) is 29.9 Å². The van der Waals surface area contributed by atoms with E-state index in [1.54, 1.807) is 11.2 Å². The summed E-state index contributed by atoms with van der Waals surface area (Å²) in [5.74, 6) is 2.90. The van der Waals surface area contributed by atoms with Crippen molar-refractivity contribution in [1.82, 2.24) is 9.80 Å². The third-order valence-corrected chi connectivity index (χ3v) is 6.30. The van der Waals surface area contributed by atoms with Gasteiger partial charge in [-0.3, -0.25) is 4.79 Å². The monoisotopic (exact) mass is 449 g/mol. The van der Waals surface area contributed by atoms with E-state index < -0.39 is 0 Å². The summed E-state index contributed by atoms with van der Waals surface area (Å²) < 4.78 is 5.45. The molecule has 7 heteroatoms. The number of anilines is 1. The summed E-state index contributed by atoms with van der Waals surface area (Å²) in [7, 11) is 0. The van der Waals surface area contributed by atoms with Gasteiger partial charge in [-0.15, -0.1) is 0 Å². The highest BCUT2D eigenvalue weighted by atomic mass is 32.2. The summed E-state index contributed by atoms with van der Waals surface area (Å²) in [6.45, 7) is 2.48. The lowest BCUT2D eigenvalue weighted by Crippen LogP contribution is -2.38. The normalized spacial score (nSPS) is 13.6. The van der Waals surface area contributed by atoms with Crippen LogP contribution in [-0.4, -0.2) is 46.3 Å². The van der Waals surface area contributed by atoms with E-state index in [0.29, 0.717) is 25.2 Å². The molecule has 3 aromatic rings. The highest BCUT2D eigenvalue weighted by molar-refractivity contribution is 7.99. The second-order valence-corrected chi connectivity index (χ2v) is 8.94. The summed E-state index contributed by atoms with van der Waals surface area (Å²) in [5, 5.41) is 2.97. The molecule has 1 N–H and O–H groups in total. The van der Waals surface area contributed by atoms with Gasteiger partial charge in [0, 0.05) is 36.8 Å². The van der Waals surface area contributed by atoms with Gasteiger partial charge in [0.1, 0.15) is 5.76 Å². The van der Waals surface area contributed by atoms with Gasteiger partial charge in [-0.1, -0.05) is 42.5 Å². The summed E-state index contributed by atoms with van der Waals surface area (Å²) in [6, 6.07) is 20.8. The molecule has 6 nitrogen and oxygen atoms in total. The fraction of sp³-hybridized carbons (Fsp3) is 0.280. The van der Waals surface area contributed by atoms with Crippen LogP contribution in [0.2, 0.25) is 0 Å². The van der Waals surface area contributed by atoms with E-state index in [2.05, 4.69) is 5.32 Å². The first-order valence-electron chi connectivity index (χ1n) is 10.7. The molecule has 0 unspecified atom stereocenters. The second kappa shape index (κ2) is 10.9. The first-order chi connectivity index (χ1) is 15.7. The molecule has 1 fully saturated rings. The predicted molar refractivity (Wildman–Crippen MR) is 127 cm³/mol. The number of nitrogens with one attached hydrogen (secondary N) is 1. The number of rotatable bonds is 7. The zero-order valence-corrected chi connectivity index (χ0v) is 18.7. The zero-order chi connectivity index (χ0) is 22.2. The molecule has 1 aliphatic rings. The molecule has 166 valence electrons. The second-order valence-electron chi connectivity index (χ2n) is 7.72. The van der Waals surface area contributed by atoms with Crippen LogP contribution >= 0.6 is 11.8 Å². The third kappa shape index (κ3) is 6.17. The first kappa shape index (κ1) is 22.0. The lowest BCUT2D eigenvalue weighted by Gasteiger charge is -2.26. The van der Waals surface area contributed by atoms with Crippen LogP contribution in [0.1, 0.15) is 16.9 Å². The number of amides is 3. The number of urea groups is 1. The van der Waals surface area contributed by atoms with E-state index in [1.807, 2.05) is 83.4 Å². The van der Waals surface area contributed by atoms with Crippen LogP contribution in [0, 0.1) is 0 Å². The topological polar surface area (TPSA) is 65.8 Å². The number of furan rings is 1. The molecule has 0 aliphatic carbocycles. The van der Waals surface area contributed by atoms with Crippen molar-refractivity contribution in [3.8, 4) is 0 Å². The highest BCUT2D eigenvalue weighted by Crippen LogP contribution is 2.16. The van der Waals surface area contributed by atoms with Gasteiger partial charge in [-0.2, -0.15) is 11.8 Å². The standard InChI is InChI=1S/C25H27N3O3S/c29-24(27-12-15-32-16-13-27)17-20-8-10-22(11-9-20)26-25(30)28(19-23-7-4-14-31-23)18-21-5-2-1-3-6-21/h1-11,14H,12-13,15-19H2,(H,26,30). The number of thioether (sulfide) groups is 1. The SMILES string of the molecule is O=C(Cc1ccc(NC(=O)N(Cc2ccccc2)Cc2ccco2)cc1)N1CCSCC1. The molecular formula is C25H27N3O3S. The van der Waals surface area contributed by atoms with Crippen LogP contribution < -0.4 is 5.32 Å². The molecule has 0 saturated carbocycles. The summed E-state index contributed by atoms with van der Waals surface area (Å²) >= 11 is 1.89. The molecule has 0 spiro atoms. The number of nitrogens with zero attached hydrogens (tertiary/aromatic N) is 2. The van der Waals surface area contributed by atoms with Gasteiger partial charge in [0.05, 0.1) is 19.2 Å². The number of hydrogen-bond donors (Lipinski definition) is 1. The fourth-order valence-corrected chi connectivity index (χ4v) is 4.50. The van der Waals surface area contributed by atoms with Crippen LogP contribution in [0.25, 0.3) is 0 Å². The fourth-order valence-electron chi connectivity index (χ4n) is 3.60. The number of carbonyl (C=O) groups is 2.